The first-order chi connectivity index (χ1) is 8.31. The van der Waals surface area contributed by atoms with Gasteiger partial charge in [0.25, 0.3) is 0 Å². The van der Waals surface area contributed by atoms with E-state index in [0.29, 0.717) is 18.7 Å². The molecule has 0 unspecified atom stereocenters. The van der Waals surface area contributed by atoms with E-state index < -0.39 is 0 Å². The van der Waals surface area contributed by atoms with Crippen LogP contribution in [0.4, 0.5) is 0 Å². The van der Waals surface area contributed by atoms with Crippen LogP contribution in [0.1, 0.15) is 36.1 Å². The summed E-state index contributed by atoms with van der Waals surface area (Å²) in [6.07, 6.45) is 7.21. The van der Waals surface area contributed by atoms with Crippen LogP contribution in [0.5, 0.6) is 0 Å². The van der Waals surface area contributed by atoms with Gasteiger partial charge in [0.15, 0.2) is 11.6 Å². The molecule has 0 aromatic carbocycles. The number of carbonyl (C=O) groups excluding carboxylic acids is 1. The van der Waals surface area contributed by atoms with Crippen molar-refractivity contribution < 1.29 is 9.21 Å². The van der Waals surface area contributed by atoms with Gasteiger partial charge in [-0.3, -0.25) is 4.79 Å². The van der Waals surface area contributed by atoms with Gasteiger partial charge in [-0.2, -0.15) is 0 Å². The second-order valence-electron chi connectivity index (χ2n) is 3.95. The largest absolute Gasteiger partial charge is 0.469 e. The lowest BCUT2D eigenvalue weighted by atomic mass is 10.2. The molecule has 2 aromatic rings. The average molecular weight is 232 g/mol. The maximum absolute atomic E-state index is 12.0. The highest BCUT2D eigenvalue weighted by Crippen LogP contribution is 2.08. The minimum atomic E-state index is 0.0693. The van der Waals surface area contributed by atoms with Crippen LogP contribution in [0.25, 0.3) is 0 Å². The molecule has 2 heterocycles. The molecule has 0 radical (unpaired) electrons. The van der Waals surface area contributed by atoms with Crippen molar-refractivity contribution >= 4 is 5.78 Å². The molecule has 2 rings (SSSR count). The summed E-state index contributed by atoms with van der Waals surface area (Å²) < 4.78 is 7.11. The highest BCUT2D eigenvalue weighted by Gasteiger charge is 2.12. The molecule has 0 amide bonds. The number of ketones is 1. The van der Waals surface area contributed by atoms with Gasteiger partial charge in [0.1, 0.15) is 5.76 Å². The first kappa shape index (κ1) is 11.6. The van der Waals surface area contributed by atoms with E-state index in [1.807, 2.05) is 22.9 Å². The molecule has 4 nitrogen and oxygen atoms in total. The lowest BCUT2D eigenvalue weighted by Gasteiger charge is -2.04. The third-order valence-electron chi connectivity index (χ3n) is 2.61. The van der Waals surface area contributed by atoms with Gasteiger partial charge < -0.3 is 8.98 Å². The number of aromatic nitrogens is 2. The monoisotopic (exact) mass is 232 g/mol. The van der Waals surface area contributed by atoms with Crippen molar-refractivity contribution in [3.05, 3.63) is 42.4 Å². The summed E-state index contributed by atoms with van der Waals surface area (Å²) in [5.74, 6) is 1.46. The molecule has 0 saturated carbocycles. The van der Waals surface area contributed by atoms with Gasteiger partial charge in [0, 0.05) is 31.8 Å². The van der Waals surface area contributed by atoms with E-state index in [9.17, 15) is 4.79 Å². The van der Waals surface area contributed by atoms with Crippen LogP contribution in [0.2, 0.25) is 0 Å². The predicted molar refractivity (Wildman–Crippen MR) is 63.9 cm³/mol. The number of hydrogen-bond acceptors (Lipinski definition) is 3. The highest BCUT2D eigenvalue weighted by molar-refractivity contribution is 5.92. The summed E-state index contributed by atoms with van der Waals surface area (Å²) in [7, 11) is 0. The Labute approximate surface area is 100 Å². The lowest BCUT2D eigenvalue weighted by molar-refractivity contribution is 0.0966. The third-order valence-corrected chi connectivity index (χ3v) is 2.61. The van der Waals surface area contributed by atoms with E-state index in [1.165, 1.54) is 0 Å². The Balaban J connectivity index is 1.97. The molecule has 0 aliphatic heterocycles. The molecule has 0 aliphatic carbocycles. The predicted octanol–water partition coefficient (Wildman–Crippen LogP) is 2.70. The molecule has 90 valence electrons. The van der Waals surface area contributed by atoms with E-state index in [4.69, 9.17) is 4.42 Å². The zero-order valence-electron chi connectivity index (χ0n) is 9.93. The Hall–Kier alpha value is -1.84. The fourth-order valence-corrected chi connectivity index (χ4v) is 1.79. The molecule has 17 heavy (non-hydrogen) atoms. The van der Waals surface area contributed by atoms with Gasteiger partial charge in [0.2, 0.25) is 0 Å². The van der Waals surface area contributed by atoms with Crippen LogP contribution in [-0.4, -0.2) is 15.3 Å². The number of hydrogen-bond donors (Lipinski definition) is 0. The van der Waals surface area contributed by atoms with Crippen molar-refractivity contribution in [3.63, 3.8) is 0 Å². The fraction of sp³-hybridized carbons (Fsp3) is 0.385. The van der Waals surface area contributed by atoms with Crippen LogP contribution < -0.4 is 0 Å². The zero-order valence-corrected chi connectivity index (χ0v) is 9.93. The highest BCUT2D eigenvalue weighted by atomic mass is 16.3. The molecule has 0 saturated heterocycles. The van der Waals surface area contributed by atoms with Crippen LogP contribution in [0.15, 0.2) is 35.2 Å². The van der Waals surface area contributed by atoms with Crippen molar-refractivity contribution in [2.75, 3.05) is 0 Å². The second-order valence-corrected chi connectivity index (χ2v) is 3.95. The van der Waals surface area contributed by atoms with E-state index >= 15 is 0 Å². The number of imidazole rings is 1. The van der Waals surface area contributed by atoms with Crippen molar-refractivity contribution in [2.45, 2.75) is 32.7 Å². The standard InChI is InChI=1S/C13H16N2O2/c1-2-8-15-9-7-14-13(15)12(16)6-5-11-4-3-10-17-11/h3-4,7,9-10H,2,5-6,8H2,1H3. The number of rotatable bonds is 6. The Morgan fingerprint density at radius 1 is 1.53 bits per heavy atom. The SMILES string of the molecule is CCCn1ccnc1C(=O)CCc1ccco1. The van der Waals surface area contributed by atoms with E-state index in [1.54, 1.807) is 12.5 Å². The molecule has 2 aromatic heterocycles. The Morgan fingerprint density at radius 2 is 2.41 bits per heavy atom. The van der Waals surface area contributed by atoms with Crippen LogP contribution in [-0.2, 0) is 13.0 Å². The summed E-state index contributed by atoms with van der Waals surface area (Å²) in [6, 6.07) is 3.71. The number of nitrogens with zero attached hydrogens (tertiary/aromatic N) is 2. The van der Waals surface area contributed by atoms with Crippen molar-refractivity contribution in [2.24, 2.45) is 0 Å². The van der Waals surface area contributed by atoms with Gasteiger partial charge in [-0.25, -0.2) is 4.98 Å². The number of Topliss-reactive ketones (excluding diaryl/α,β-unsaturated/α-hetero) is 1. The third kappa shape index (κ3) is 2.84. The maximum Gasteiger partial charge on any atom is 0.198 e. The Morgan fingerprint density at radius 3 is 3.12 bits per heavy atom. The van der Waals surface area contributed by atoms with Gasteiger partial charge in [0.05, 0.1) is 6.26 Å². The van der Waals surface area contributed by atoms with E-state index in [0.717, 1.165) is 18.7 Å². The molecule has 0 aliphatic rings. The van der Waals surface area contributed by atoms with Crippen LogP contribution in [0.3, 0.4) is 0 Å². The summed E-state index contributed by atoms with van der Waals surface area (Å²) >= 11 is 0. The van der Waals surface area contributed by atoms with Gasteiger partial charge in [-0.1, -0.05) is 6.92 Å². The number of aryl methyl sites for hydroxylation is 2. The zero-order chi connectivity index (χ0) is 12.1. The second kappa shape index (κ2) is 5.48. The molecule has 0 bridgehead atoms. The lowest BCUT2D eigenvalue weighted by Crippen LogP contribution is -2.10. The Kier molecular flexibility index (Phi) is 3.75. The molecule has 0 atom stereocenters. The number of carbonyl (C=O) groups is 1. The van der Waals surface area contributed by atoms with Crippen molar-refractivity contribution in [1.29, 1.82) is 0 Å². The van der Waals surface area contributed by atoms with Crippen molar-refractivity contribution in [1.82, 2.24) is 9.55 Å². The summed E-state index contributed by atoms with van der Waals surface area (Å²) in [5.41, 5.74) is 0. The minimum absolute atomic E-state index is 0.0693. The summed E-state index contributed by atoms with van der Waals surface area (Å²) in [4.78, 5) is 16.1. The van der Waals surface area contributed by atoms with Crippen molar-refractivity contribution in [3.8, 4) is 0 Å². The van der Waals surface area contributed by atoms with E-state index in [2.05, 4.69) is 11.9 Å². The summed E-state index contributed by atoms with van der Waals surface area (Å²) in [6.45, 7) is 2.92. The number of furan rings is 1. The van der Waals surface area contributed by atoms with Crippen LogP contribution in [0, 0.1) is 0 Å². The quantitative estimate of drug-likeness (QED) is 0.719. The maximum atomic E-state index is 12.0. The van der Waals surface area contributed by atoms with Gasteiger partial charge in [-0.15, -0.1) is 0 Å². The fourth-order valence-electron chi connectivity index (χ4n) is 1.79. The topological polar surface area (TPSA) is 48.0 Å². The average Bonchev–Trinajstić information content (AvgIpc) is 2.97. The summed E-state index contributed by atoms with van der Waals surface area (Å²) in [5, 5.41) is 0. The first-order valence-corrected chi connectivity index (χ1v) is 5.88. The molecule has 4 heteroatoms. The van der Waals surface area contributed by atoms with Gasteiger partial charge in [-0.05, 0) is 18.6 Å². The minimum Gasteiger partial charge on any atom is -0.469 e. The van der Waals surface area contributed by atoms with Crippen LogP contribution >= 0.6 is 0 Å². The van der Waals surface area contributed by atoms with Gasteiger partial charge >= 0.3 is 0 Å². The Bertz CT molecular complexity index is 471. The molecule has 0 spiro atoms. The molecule has 0 N–H and O–H groups in total. The first-order valence-electron chi connectivity index (χ1n) is 5.88. The molecular weight excluding hydrogens is 216 g/mol. The normalized spacial score (nSPS) is 10.6. The smallest absolute Gasteiger partial charge is 0.198 e. The molecular formula is C13H16N2O2. The van der Waals surface area contributed by atoms with E-state index in [-0.39, 0.29) is 5.78 Å². The molecule has 0 fully saturated rings.